The number of hydrogen-bond acceptors (Lipinski definition) is 6. The van der Waals surface area contributed by atoms with Gasteiger partial charge in [0.25, 0.3) is 0 Å². The monoisotopic (exact) mass is 566 g/mol. The van der Waals surface area contributed by atoms with Crippen LogP contribution in [0.2, 0.25) is 0 Å². The van der Waals surface area contributed by atoms with E-state index >= 15 is 0 Å². The predicted octanol–water partition coefficient (Wildman–Crippen LogP) is 11.8. The van der Waals surface area contributed by atoms with Crippen LogP contribution >= 0.6 is 0 Å². The number of unbranched alkanes of at least 4 members (excludes halogenated alkanes) is 6. The summed E-state index contributed by atoms with van der Waals surface area (Å²) in [5, 5.41) is 0. The summed E-state index contributed by atoms with van der Waals surface area (Å²) < 4.78 is 35.9. The highest BCUT2D eigenvalue weighted by molar-refractivity contribution is 5.91. The summed E-state index contributed by atoms with van der Waals surface area (Å²) in [5.41, 5.74) is 5.97. The Morgan fingerprint density at radius 2 is 0.976 bits per heavy atom. The van der Waals surface area contributed by atoms with Crippen LogP contribution in [0.3, 0.4) is 0 Å². The number of hydrogen-bond donors (Lipinski definition) is 0. The van der Waals surface area contributed by atoms with Gasteiger partial charge in [0.2, 0.25) is 0 Å². The van der Waals surface area contributed by atoms with E-state index in [2.05, 4.69) is 13.8 Å². The van der Waals surface area contributed by atoms with Crippen molar-refractivity contribution in [1.29, 1.82) is 0 Å². The second kappa shape index (κ2) is 13.1. The first-order valence-electron chi connectivity index (χ1n) is 15.2. The van der Waals surface area contributed by atoms with Gasteiger partial charge in [0.05, 0.1) is 59.8 Å². The van der Waals surface area contributed by atoms with Crippen molar-refractivity contribution in [3.63, 3.8) is 0 Å². The lowest BCUT2D eigenvalue weighted by Gasteiger charge is -2.08. The fraction of sp³-hybridized carbons (Fsp3) is 0.333. The fourth-order valence-electron chi connectivity index (χ4n) is 5.78. The number of aryl methyl sites for hydroxylation is 1. The topological polar surface area (TPSA) is 78.8 Å². The van der Waals surface area contributed by atoms with E-state index in [-0.39, 0.29) is 0 Å². The zero-order valence-electron chi connectivity index (χ0n) is 24.4. The van der Waals surface area contributed by atoms with Gasteiger partial charge in [-0.15, -0.1) is 0 Å². The molecule has 0 aromatic carbocycles. The van der Waals surface area contributed by atoms with Gasteiger partial charge in [-0.1, -0.05) is 52.4 Å². The molecule has 6 heteroatoms. The van der Waals surface area contributed by atoms with Crippen molar-refractivity contribution < 1.29 is 26.5 Å². The highest BCUT2D eigenvalue weighted by Crippen LogP contribution is 2.46. The third-order valence-electron chi connectivity index (χ3n) is 7.95. The van der Waals surface area contributed by atoms with Crippen LogP contribution in [0.4, 0.5) is 0 Å². The lowest BCUT2D eigenvalue weighted by atomic mass is 9.95. The maximum Gasteiger partial charge on any atom is 0.180 e. The molecule has 42 heavy (non-hydrogen) atoms. The summed E-state index contributed by atoms with van der Waals surface area (Å²) in [6, 6.07) is 11.4. The first-order chi connectivity index (χ1) is 20.8. The molecule has 0 aliphatic rings. The molecule has 6 heterocycles. The van der Waals surface area contributed by atoms with Gasteiger partial charge >= 0.3 is 0 Å². The van der Waals surface area contributed by atoms with Gasteiger partial charge in [-0.2, -0.15) is 0 Å². The Morgan fingerprint density at radius 1 is 0.452 bits per heavy atom. The minimum atomic E-state index is 0.595. The van der Waals surface area contributed by atoms with E-state index in [0.717, 1.165) is 47.3 Å². The third kappa shape index (κ3) is 5.58. The molecule has 218 valence electrons. The zero-order chi connectivity index (χ0) is 28.7. The second-order valence-electron chi connectivity index (χ2n) is 10.8. The second-order valence-corrected chi connectivity index (χ2v) is 10.8. The molecular formula is C36H38O6. The third-order valence-corrected chi connectivity index (χ3v) is 7.95. The van der Waals surface area contributed by atoms with E-state index in [1.807, 2.05) is 42.7 Å². The van der Waals surface area contributed by atoms with Crippen molar-refractivity contribution in [3.8, 4) is 56.8 Å². The molecule has 6 rings (SSSR count). The van der Waals surface area contributed by atoms with Gasteiger partial charge in [0, 0.05) is 5.56 Å². The lowest BCUT2D eigenvalue weighted by Crippen LogP contribution is -1.94. The van der Waals surface area contributed by atoms with Gasteiger partial charge in [0.15, 0.2) is 11.5 Å². The zero-order valence-corrected chi connectivity index (χ0v) is 24.4. The van der Waals surface area contributed by atoms with Gasteiger partial charge in [0.1, 0.15) is 23.0 Å². The fourth-order valence-corrected chi connectivity index (χ4v) is 5.78. The highest BCUT2D eigenvalue weighted by Gasteiger charge is 2.27. The van der Waals surface area contributed by atoms with Gasteiger partial charge in [-0.25, -0.2) is 0 Å². The number of rotatable bonds is 15. The lowest BCUT2D eigenvalue weighted by molar-refractivity contribution is 0.522. The van der Waals surface area contributed by atoms with Crippen molar-refractivity contribution in [2.24, 2.45) is 0 Å². The molecule has 0 aliphatic heterocycles. The molecule has 0 spiro atoms. The van der Waals surface area contributed by atoms with E-state index in [4.69, 9.17) is 26.5 Å². The van der Waals surface area contributed by atoms with Crippen LogP contribution in [0, 0.1) is 0 Å². The van der Waals surface area contributed by atoms with Gasteiger partial charge < -0.3 is 26.5 Å². The summed E-state index contributed by atoms with van der Waals surface area (Å²) in [6.07, 6.45) is 22.1. The van der Waals surface area contributed by atoms with Gasteiger partial charge in [-0.3, -0.25) is 0 Å². The first-order valence-corrected chi connectivity index (χ1v) is 15.2. The SMILES string of the molecule is CCCCCCc1coc(-c2ccoc2-c2ccoc2-c2ccoc2-c2ccoc2-c2ccco2)c1CCCCCC. The molecule has 0 radical (unpaired) electrons. The van der Waals surface area contributed by atoms with Crippen molar-refractivity contribution >= 4 is 0 Å². The van der Waals surface area contributed by atoms with Crippen LogP contribution in [0.5, 0.6) is 0 Å². The molecule has 0 aliphatic carbocycles. The van der Waals surface area contributed by atoms with E-state index < -0.39 is 0 Å². The van der Waals surface area contributed by atoms with Crippen LogP contribution in [-0.4, -0.2) is 0 Å². The average Bonchev–Trinajstić information content (AvgIpc) is 3.83. The minimum absolute atomic E-state index is 0.595. The maximum atomic E-state index is 6.33. The average molecular weight is 567 g/mol. The summed E-state index contributed by atoms with van der Waals surface area (Å²) in [6.45, 7) is 4.50. The summed E-state index contributed by atoms with van der Waals surface area (Å²) in [5.74, 6) is 4.11. The largest absolute Gasteiger partial charge is 0.464 e. The van der Waals surface area contributed by atoms with Crippen LogP contribution in [0.1, 0.15) is 76.3 Å². The Morgan fingerprint density at radius 3 is 1.52 bits per heavy atom. The quantitative estimate of drug-likeness (QED) is 0.115. The molecule has 0 unspecified atom stereocenters. The van der Waals surface area contributed by atoms with E-state index in [1.165, 1.54) is 56.1 Å². The van der Waals surface area contributed by atoms with E-state index in [0.29, 0.717) is 28.8 Å². The Labute approximate surface area is 246 Å². The van der Waals surface area contributed by atoms with Crippen LogP contribution < -0.4 is 0 Å². The normalized spacial score (nSPS) is 11.6. The molecule has 0 N–H and O–H groups in total. The Kier molecular flexibility index (Phi) is 8.69. The Balaban J connectivity index is 1.35. The highest BCUT2D eigenvalue weighted by atomic mass is 16.4. The first kappa shape index (κ1) is 27.8. The molecule has 0 saturated heterocycles. The van der Waals surface area contributed by atoms with Crippen molar-refractivity contribution in [2.75, 3.05) is 0 Å². The summed E-state index contributed by atoms with van der Waals surface area (Å²) in [4.78, 5) is 0. The van der Waals surface area contributed by atoms with Crippen LogP contribution in [0.25, 0.3) is 56.8 Å². The molecule has 6 aromatic heterocycles. The van der Waals surface area contributed by atoms with Crippen LogP contribution in [0.15, 0.2) is 100 Å². The molecule has 0 bridgehead atoms. The Hall–Kier alpha value is -4.32. The standard InChI is InChI=1S/C36H38O6/c1-3-5-7-9-12-25-24-42-32(26(25)13-10-8-6-4-2)27-15-20-38-33(27)28-16-21-39-34(28)29-17-22-40-35(29)30-18-23-41-36(30)31-14-11-19-37-31/h11,14-24H,3-10,12-13H2,1-2H3. The Bertz CT molecular complexity index is 1660. The summed E-state index contributed by atoms with van der Waals surface area (Å²) >= 11 is 0. The molecule has 6 nitrogen and oxygen atoms in total. The molecule has 6 aromatic rings. The minimum Gasteiger partial charge on any atom is -0.464 e. The van der Waals surface area contributed by atoms with Gasteiger partial charge in [-0.05, 0) is 67.6 Å². The maximum absolute atomic E-state index is 6.33. The van der Waals surface area contributed by atoms with E-state index in [9.17, 15) is 0 Å². The van der Waals surface area contributed by atoms with Crippen molar-refractivity contribution in [1.82, 2.24) is 0 Å². The molecule has 0 fully saturated rings. The predicted molar refractivity (Wildman–Crippen MR) is 163 cm³/mol. The van der Waals surface area contributed by atoms with Crippen LogP contribution in [-0.2, 0) is 12.8 Å². The van der Waals surface area contributed by atoms with Crippen molar-refractivity contribution in [2.45, 2.75) is 78.1 Å². The molecular weight excluding hydrogens is 528 g/mol. The molecule has 0 saturated carbocycles. The number of furan rings is 6. The summed E-state index contributed by atoms with van der Waals surface area (Å²) in [7, 11) is 0. The van der Waals surface area contributed by atoms with Crippen molar-refractivity contribution in [3.05, 3.63) is 85.1 Å². The smallest absolute Gasteiger partial charge is 0.180 e. The molecule has 0 atom stereocenters. The van der Waals surface area contributed by atoms with E-state index in [1.54, 1.807) is 31.3 Å². The molecule has 0 amide bonds.